The smallest absolute Gasteiger partial charge is 0.126 e. The van der Waals surface area contributed by atoms with Gasteiger partial charge in [-0.25, -0.2) is 0 Å². The van der Waals surface area contributed by atoms with Crippen LogP contribution in [0, 0.1) is 13.8 Å². The summed E-state index contributed by atoms with van der Waals surface area (Å²) in [5, 5.41) is 21.5. The minimum absolute atomic E-state index is 0.106. The Morgan fingerprint density at radius 3 is 2.76 bits per heavy atom. The van der Waals surface area contributed by atoms with Gasteiger partial charge in [0.25, 0.3) is 0 Å². The van der Waals surface area contributed by atoms with E-state index in [1.165, 1.54) is 5.56 Å². The van der Waals surface area contributed by atoms with Crippen molar-refractivity contribution in [3.8, 4) is 5.75 Å². The molecule has 1 aromatic carbocycles. The van der Waals surface area contributed by atoms with Gasteiger partial charge in [0.15, 0.2) is 0 Å². The van der Waals surface area contributed by atoms with Gasteiger partial charge < -0.3 is 15.2 Å². The molecular formula is C20H29N3O2. The van der Waals surface area contributed by atoms with Crippen molar-refractivity contribution in [2.45, 2.75) is 64.2 Å². The Kier molecular flexibility index (Phi) is 6.10. The number of aromatic nitrogens is 2. The number of benzene rings is 1. The van der Waals surface area contributed by atoms with Gasteiger partial charge in [-0.15, -0.1) is 0 Å². The second-order valence-electron chi connectivity index (χ2n) is 6.97. The third kappa shape index (κ3) is 4.61. The Morgan fingerprint density at radius 2 is 2.04 bits per heavy atom. The maximum absolute atomic E-state index is 10.7. The molecule has 0 bridgehead atoms. The molecular weight excluding hydrogens is 314 g/mol. The predicted octanol–water partition coefficient (Wildman–Crippen LogP) is 2.91. The van der Waals surface area contributed by atoms with Crippen LogP contribution < -0.4 is 10.1 Å². The molecule has 0 aliphatic heterocycles. The van der Waals surface area contributed by atoms with Crippen molar-refractivity contribution in [1.29, 1.82) is 0 Å². The summed E-state index contributed by atoms with van der Waals surface area (Å²) >= 11 is 0. The first-order chi connectivity index (χ1) is 12.1. The number of aromatic amines is 1. The normalized spacial score (nSPS) is 23.6. The lowest BCUT2D eigenvalue weighted by atomic mass is 9.89. The highest BCUT2D eigenvalue weighted by Gasteiger charge is 2.32. The number of para-hydroxylation sites is 1. The quantitative estimate of drug-likeness (QED) is 0.676. The molecule has 1 fully saturated rings. The van der Waals surface area contributed by atoms with Crippen LogP contribution in [0.15, 0.2) is 30.3 Å². The summed E-state index contributed by atoms with van der Waals surface area (Å²) in [5.41, 5.74) is 3.56. The summed E-state index contributed by atoms with van der Waals surface area (Å²) in [5.74, 6) is 0.832. The summed E-state index contributed by atoms with van der Waals surface area (Å²) < 4.78 is 5.99. The first-order valence-electron chi connectivity index (χ1n) is 9.28. The maximum atomic E-state index is 10.7. The van der Waals surface area contributed by atoms with Crippen LogP contribution in [0.5, 0.6) is 5.75 Å². The van der Waals surface area contributed by atoms with Gasteiger partial charge >= 0.3 is 0 Å². The molecule has 1 aliphatic rings. The number of H-pyrrole nitrogens is 1. The van der Waals surface area contributed by atoms with Crippen LogP contribution in [0.25, 0.3) is 0 Å². The highest BCUT2D eigenvalue weighted by atomic mass is 16.5. The zero-order valence-corrected chi connectivity index (χ0v) is 15.2. The number of aliphatic hydroxyl groups is 1. The van der Waals surface area contributed by atoms with Gasteiger partial charge in [0, 0.05) is 11.7 Å². The van der Waals surface area contributed by atoms with E-state index in [0.717, 1.165) is 55.8 Å². The molecule has 1 aliphatic carbocycles. The first-order valence-corrected chi connectivity index (χ1v) is 9.28. The van der Waals surface area contributed by atoms with Gasteiger partial charge in [0.05, 0.1) is 5.69 Å². The lowest BCUT2D eigenvalue weighted by molar-refractivity contribution is -0.0152. The summed E-state index contributed by atoms with van der Waals surface area (Å²) in [6.07, 6.45) is 4.43. The van der Waals surface area contributed by atoms with Gasteiger partial charge in [-0.2, -0.15) is 5.10 Å². The van der Waals surface area contributed by atoms with Crippen LogP contribution in [-0.2, 0) is 6.42 Å². The largest absolute Gasteiger partial charge is 0.488 e. The van der Waals surface area contributed by atoms with Crippen molar-refractivity contribution >= 4 is 0 Å². The Labute approximate surface area is 149 Å². The number of nitrogens with zero attached hydrogens (tertiary/aromatic N) is 1. The maximum Gasteiger partial charge on any atom is 0.126 e. The standard InChI is InChI=1S/C20H29N3O2/c1-14-17(15(2)23-22-14)10-7-13-21-18-11-6-12-19(20(18)24)25-16-8-4-3-5-9-16/h3-5,8-9,18-21,24H,6-7,10-13H2,1-2H3,(H,22,23)/t18-,19+,20+/m0/s1. The highest BCUT2D eigenvalue weighted by Crippen LogP contribution is 2.24. The van der Waals surface area contributed by atoms with Gasteiger partial charge in [-0.3, -0.25) is 5.10 Å². The van der Waals surface area contributed by atoms with E-state index in [-0.39, 0.29) is 12.1 Å². The van der Waals surface area contributed by atoms with Crippen molar-refractivity contribution in [2.75, 3.05) is 6.54 Å². The summed E-state index contributed by atoms with van der Waals surface area (Å²) in [7, 11) is 0. The molecule has 1 saturated carbocycles. The van der Waals surface area contributed by atoms with Crippen molar-refractivity contribution < 1.29 is 9.84 Å². The van der Waals surface area contributed by atoms with E-state index >= 15 is 0 Å². The molecule has 3 N–H and O–H groups in total. The van der Waals surface area contributed by atoms with Crippen molar-refractivity contribution in [2.24, 2.45) is 0 Å². The molecule has 3 atom stereocenters. The first kappa shape index (κ1) is 18.0. The third-order valence-corrected chi connectivity index (χ3v) is 5.12. The predicted molar refractivity (Wildman–Crippen MR) is 98.9 cm³/mol. The van der Waals surface area contributed by atoms with E-state index < -0.39 is 6.10 Å². The van der Waals surface area contributed by atoms with E-state index in [2.05, 4.69) is 22.4 Å². The average Bonchev–Trinajstić information content (AvgIpc) is 2.94. The molecule has 0 radical (unpaired) electrons. The topological polar surface area (TPSA) is 70.2 Å². The third-order valence-electron chi connectivity index (χ3n) is 5.12. The van der Waals surface area contributed by atoms with Gasteiger partial charge in [0.1, 0.15) is 18.0 Å². The number of aliphatic hydroxyl groups excluding tert-OH is 1. The molecule has 5 heteroatoms. The summed E-state index contributed by atoms with van der Waals surface area (Å²) in [6, 6.07) is 9.88. The Hall–Kier alpha value is -1.85. The van der Waals surface area contributed by atoms with E-state index in [1.807, 2.05) is 37.3 Å². The lowest BCUT2D eigenvalue weighted by Crippen LogP contribution is -2.51. The second kappa shape index (κ2) is 8.50. The number of hydrogen-bond donors (Lipinski definition) is 3. The molecule has 5 nitrogen and oxygen atoms in total. The molecule has 25 heavy (non-hydrogen) atoms. The van der Waals surface area contributed by atoms with Gasteiger partial charge in [-0.1, -0.05) is 18.2 Å². The lowest BCUT2D eigenvalue weighted by Gasteiger charge is -2.35. The molecule has 0 spiro atoms. The van der Waals surface area contributed by atoms with Crippen LogP contribution >= 0.6 is 0 Å². The molecule has 0 amide bonds. The zero-order chi connectivity index (χ0) is 17.6. The van der Waals surface area contributed by atoms with Crippen LogP contribution in [0.2, 0.25) is 0 Å². The molecule has 0 saturated heterocycles. The fourth-order valence-electron chi connectivity index (χ4n) is 3.66. The van der Waals surface area contributed by atoms with E-state index in [4.69, 9.17) is 4.74 Å². The molecule has 1 heterocycles. The Balaban J connectivity index is 1.46. The minimum atomic E-state index is -0.466. The van der Waals surface area contributed by atoms with Crippen molar-refractivity contribution in [1.82, 2.24) is 15.5 Å². The Bertz CT molecular complexity index is 637. The molecule has 3 rings (SSSR count). The second-order valence-corrected chi connectivity index (χ2v) is 6.97. The van der Waals surface area contributed by atoms with Crippen LogP contribution in [0.3, 0.4) is 0 Å². The highest BCUT2D eigenvalue weighted by molar-refractivity contribution is 5.23. The number of aryl methyl sites for hydroxylation is 2. The molecule has 1 aromatic heterocycles. The van der Waals surface area contributed by atoms with Crippen molar-refractivity contribution in [3.63, 3.8) is 0 Å². The van der Waals surface area contributed by atoms with Gasteiger partial charge in [0.2, 0.25) is 0 Å². The van der Waals surface area contributed by atoms with E-state index in [9.17, 15) is 5.11 Å². The average molecular weight is 343 g/mol. The summed E-state index contributed by atoms with van der Waals surface area (Å²) in [4.78, 5) is 0. The molecule has 2 aromatic rings. The number of nitrogens with one attached hydrogen (secondary N) is 2. The fourth-order valence-corrected chi connectivity index (χ4v) is 3.66. The van der Waals surface area contributed by atoms with Crippen LogP contribution in [-0.4, -0.2) is 40.1 Å². The summed E-state index contributed by atoms with van der Waals surface area (Å²) in [6.45, 7) is 5.01. The number of hydrogen-bond acceptors (Lipinski definition) is 4. The van der Waals surface area contributed by atoms with Crippen LogP contribution in [0.1, 0.15) is 42.6 Å². The van der Waals surface area contributed by atoms with Crippen LogP contribution in [0.4, 0.5) is 0 Å². The van der Waals surface area contributed by atoms with E-state index in [1.54, 1.807) is 0 Å². The number of rotatable bonds is 7. The van der Waals surface area contributed by atoms with Gasteiger partial charge in [-0.05, 0) is 70.2 Å². The van der Waals surface area contributed by atoms with Crippen molar-refractivity contribution in [3.05, 3.63) is 47.3 Å². The van der Waals surface area contributed by atoms with E-state index in [0.29, 0.717) is 0 Å². The zero-order valence-electron chi connectivity index (χ0n) is 15.2. The monoisotopic (exact) mass is 343 g/mol. The Morgan fingerprint density at radius 1 is 1.24 bits per heavy atom. The fraction of sp³-hybridized carbons (Fsp3) is 0.550. The molecule has 0 unspecified atom stereocenters. The number of ether oxygens (including phenoxy) is 1. The SMILES string of the molecule is Cc1n[nH]c(C)c1CCCN[C@H]1CCC[C@@H](Oc2ccccc2)[C@@H]1O. The molecule has 136 valence electrons. The minimum Gasteiger partial charge on any atom is -0.488 e.